The summed E-state index contributed by atoms with van der Waals surface area (Å²) in [6.45, 7) is 0.626. The largest absolute Gasteiger partial charge is 0.493 e. The number of nitrogens with one attached hydrogen (secondary N) is 1. The molecule has 1 N–H and O–H groups in total. The number of benzene rings is 2. The van der Waals surface area contributed by atoms with E-state index >= 15 is 0 Å². The molecule has 0 saturated carbocycles. The molecule has 6 heteroatoms. The predicted molar refractivity (Wildman–Crippen MR) is 93.0 cm³/mol. The van der Waals surface area contributed by atoms with Crippen molar-refractivity contribution < 1.29 is 14.3 Å². The second-order valence-electron chi connectivity index (χ2n) is 4.39. The maximum absolute atomic E-state index is 12.3. The van der Waals surface area contributed by atoms with E-state index in [4.69, 9.17) is 9.47 Å². The summed E-state index contributed by atoms with van der Waals surface area (Å²) in [6.07, 6.45) is 0. The van der Waals surface area contributed by atoms with Gasteiger partial charge in [0, 0.05) is 15.0 Å². The van der Waals surface area contributed by atoms with E-state index in [0.29, 0.717) is 35.1 Å². The van der Waals surface area contributed by atoms with Gasteiger partial charge in [-0.05, 0) is 30.3 Å². The lowest BCUT2D eigenvalue weighted by Gasteiger charge is -2.10. The van der Waals surface area contributed by atoms with Gasteiger partial charge in [-0.3, -0.25) is 4.79 Å². The predicted octanol–water partition coefficient (Wildman–Crippen LogP) is 4.62. The minimum atomic E-state index is -0.198. The molecule has 4 nitrogen and oxygen atoms in total. The highest BCUT2D eigenvalue weighted by molar-refractivity contribution is 14.1. The summed E-state index contributed by atoms with van der Waals surface area (Å²) >= 11 is 5.61. The Bertz CT molecular complexity index is 705. The zero-order chi connectivity index (χ0) is 14.8. The van der Waals surface area contributed by atoms with Gasteiger partial charge in [-0.1, -0.05) is 38.5 Å². The van der Waals surface area contributed by atoms with Crippen molar-refractivity contribution in [3.05, 3.63) is 46.4 Å². The van der Waals surface area contributed by atoms with Gasteiger partial charge < -0.3 is 14.8 Å². The Labute approximate surface area is 144 Å². The Morgan fingerprint density at radius 1 is 1.19 bits per heavy atom. The van der Waals surface area contributed by atoms with Crippen LogP contribution in [-0.2, 0) is 0 Å². The molecule has 1 aliphatic rings. The molecule has 0 unspecified atom stereocenters. The number of halogens is 2. The molecule has 2 aromatic rings. The second-order valence-corrected chi connectivity index (χ2v) is 6.39. The van der Waals surface area contributed by atoms with Gasteiger partial charge in [0.2, 0.25) is 0 Å². The fourth-order valence-electron chi connectivity index (χ4n) is 2.02. The third-order valence-corrected chi connectivity index (χ3v) is 3.88. The molecular weight excluding hydrogens is 449 g/mol. The van der Waals surface area contributed by atoms with Crippen LogP contribution < -0.4 is 14.8 Å². The zero-order valence-corrected chi connectivity index (χ0v) is 14.6. The highest BCUT2D eigenvalue weighted by atomic mass is 127. The Morgan fingerprint density at radius 2 is 2.00 bits per heavy atom. The van der Waals surface area contributed by atoms with Gasteiger partial charge in [0.25, 0.3) is 5.91 Å². The first-order chi connectivity index (χ1) is 10.2. The average molecular weight is 460 g/mol. The number of carbonyl (C=O) groups is 1. The maximum Gasteiger partial charge on any atom is 0.259 e. The quantitative estimate of drug-likeness (QED) is 0.538. The van der Waals surface area contributed by atoms with Gasteiger partial charge in [-0.15, -0.1) is 0 Å². The van der Waals surface area contributed by atoms with Gasteiger partial charge in [0.05, 0.1) is 17.9 Å². The standard InChI is InChI=1S/C15H11BrINO3/c16-9-1-3-13-11(7-9)15(19)18-12-8-10(20-6-5-17)2-4-14(12)21-13/h1-4,7-8H,5-6H2,(H,18,19). The molecule has 1 amide bonds. The third-order valence-electron chi connectivity index (χ3n) is 2.95. The number of anilines is 1. The van der Waals surface area contributed by atoms with Gasteiger partial charge in [0.1, 0.15) is 11.5 Å². The van der Waals surface area contributed by atoms with Crippen LogP contribution in [0.1, 0.15) is 10.4 Å². The lowest BCUT2D eigenvalue weighted by Crippen LogP contribution is -2.10. The van der Waals surface area contributed by atoms with Crippen LogP contribution in [0.3, 0.4) is 0 Å². The topological polar surface area (TPSA) is 47.6 Å². The highest BCUT2D eigenvalue weighted by Gasteiger charge is 2.21. The van der Waals surface area contributed by atoms with Crippen molar-refractivity contribution in [2.75, 3.05) is 16.4 Å². The molecule has 0 aromatic heterocycles. The first kappa shape index (κ1) is 14.6. The van der Waals surface area contributed by atoms with Gasteiger partial charge in [-0.2, -0.15) is 0 Å². The fourth-order valence-corrected chi connectivity index (χ4v) is 2.60. The minimum absolute atomic E-state index is 0.198. The Hall–Kier alpha value is -1.28. The van der Waals surface area contributed by atoms with Crippen LogP contribution in [-0.4, -0.2) is 16.9 Å². The van der Waals surface area contributed by atoms with Crippen molar-refractivity contribution in [3.63, 3.8) is 0 Å². The summed E-state index contributed by atoms with van der Waals surface area (Å²) < 4.78 is 13.1. The number of amides is 1. The summed E-state index contributed by atoms with van der Waals surface area (Å²) in [6, 6.07) is 10.8. The molecule has 3 rings (SSSR count). The minimum Gasteiger partial charge on any atom is -0.493 e. The molecule has 0 spiro atoms. The molecule has 0 radical (unpaired) electrons. The van der Waals surface area contributed by atoms with Gasteiger partial charge in [-0.25, -0.2) is 0 Å². The molecule has 108 valence electrons. The number of hydrogen-bond acceptors (Lipinski definition) is 3. The highest BCUT2D eigenvalue weighted by Crippen LogP contribution is 2.38. The molecule has 21 heavy (non-hydrogen) atoms. The van der Waals surface area contributed by atoms with E-state index in [0.717, 1.165) is 8.90 Å². The number of fused-ring (bicyclic) bond motifs is 2. The molecule has 0 aliphatic carbocycles. The van der Waals surface area contributed by atoms with Crippen LogP contribution in [0, 0.1) is 0 Å². The fraction of sp³-hybridized carbons (Fsp3) is 0.133. The molecule has 0 saturated heterocycles. The van der Waals surface area contributed by atoms with Crippen molar-refractivity contribution >= 4 is 50.1 Å². The SMILES string of the molecule is O=C1Nc2cc(OCCI)ccc2Oc2ccc(Br)cc21. The van der Waals surface area contributed by atoms with Crippen LogP contribution in [0.25, 0.3) is 0 Å². The van der Waals surface area contributed by atoms with Crippen molar-refractivity contribution in [2.24, 2.45) is 0 Å². The van der Waals surface area contributed by atoms with E-state index in [9.17, 15) is 4.79 Å². The molecule has 0 fully saturated rings. The van der Waals surface area contributed by atoms with Crippen LogP contribution in [0.15, 0.2) is 40.9 Å². The first-order valence-electron chi connectivity index (χ1n) is 6.29. The number of ether oxygens (including phenoxy) is 2. The maximum atomic E-state index is 12.3. The second kappa shape index (κ2) is 6.23. The van der Waals surface area contributed by atoms with Crippen molar-refractivity contribution in [1.82, 2.24) is 0 Å². The Kier molecular flexibility index (Phi) is 4.34. The molecular formula is C15H11BrINO3. The average Bonchev–Trinajstić information content (AvgIpc) is 2.61. The molecule has 1 heterocycles. The number of alkyl halides is 1. The summed E-state index contributed by atoms with van der Waals surface area (Å²) in [5.74, 6) is 1.65. The van der Waals surface area contributed by atoms with Crippen molar-refractivity contribution in [3.8, 4) is 17.2 Å². The number of carbonyl (C=O) groups excluding carboxylic acids is 1. The van der Waals surface area contributed by atoms with Gasteiger partial charge in [0.15, 0.2) is 5.75 Å². The zero-order valence-electron chi connectivity index (χ0n) is 10.9. The van der Waals surface area contributed by atoms with Crippen LogP contribution in [0.4, 0.5) is 5.69 Å². The van der Waals surface area contributed by atoms with E-state index in [1.165, 1.54) is 0 Å². The summed E-state index contributed by atoms with van der Waals surface area (Å²) in [4.78, 5) is 12.3. The summed E-state index contributed by atoms with van der Waals surface area (Å²) in [7, 11) is 0. The van der Waals surface area contributed by atoms with E-state index < -0.39 is 0 Å². The normalized spacial score (nSPS) is 12.6. The number of rotatable bonds is 3. The monoisotopic (exact) mass is 459 g/mol. The smallest absolute Gasteiger partial charge is 0.259 e. The van der Waals surface area contributed by atoms with Crippen LogP contribution in [0.2, 0.25) is 0 Å². The van der Waals surface area contributed by atoms with Crippen LogP contribution in [0.5, 0.6) is 17.2 Å². The molecule has 0 atom stereocenters. The van der Waals surface area contributed by atoms with Gasteiger partial charge >= 0.3 is 0 Å². The lowest BCUT2D eigenvalue weighted by molar-refractivity contribution is 0.102. The first-order valence-corrected chi connectivity index (χ1v) is 8.61. The van der Waals surface area contributed by atoms with E-state index in [-0.39, 0.29) is 5.91 Å². The number of hydrogen-bond donors (Lipinski definition) is 1. The van der Waals surface area contributed by atoms with Crippen molar-refractivity contribution in [1.29, 1.82) is 0 Å². The van der Waals surface area contributed by atoms with Crippen LogP contribution >= 0.6 is 38.5 Å². The lowest BCUT2D eigenvalue weighted by atomic mass is 10.2. The Balaban J connectivity index is 1.97. The molecule has 2 aromatic carbocycles. The Morgan fingerprint density at radius 3 is 2.81 bits per heavy atom. The van der Waals surface area contributed by atoms with E-state index in [1.54, 1.807) is 24.3 Å². The summed E-state index contributed by atoms with van der Waals surface area (Å²) in [5, 5.41) is 2.86. The summed E-state index contributed by atoms with van der Waals surface area (Å²) in [5.41, 5.74) is 1.11. The van der Waals surface area contributed by atoms with E-state index in [1.807, 2.05) is 12.1 Å². The molecule has 0 bridgehead atoms. The van der Waals surface area contributed by atoms with Crippen molar-refractivity contribution in [2.45, 2.75) is 0 Å². The third kappa shape index (κ3) is 3.16. The van der Waals surface area contributed by atoms with E-state index in [2.05, 4.69) is 43.8 Å². The molecule has 1 aliphatic heterocycles.